The van der Waals surface area contributed by atoms with Gasteiger partial charge in [0, 0.05) is 17.7 Å². The van der Waals surface area contributed by atoms with Gasteiger partial charge in [-0.2, -0.15) is 0 Å². The van der Waals surface area contributed by atoms with Gasteiger partial charge in [-0.1, -0.05) is 5.16 Å². The van der Waals surface area contributed by atoms with Gasteiger partial charge in [0.25, 0.3) is 0 Å². The molecule has 5 nitrogen and oxygen atoms in total. The number of primary amides is 1. The van der Waals surface area contributed by atoms with Crippen molar-refractivity contribution >= 4 is 11.6 Å². The summed E-state index contributed by atoms with van der Waals surface area (Å²) in [5.41, 5.74) is 7.24. The van der Waals surface area contributed by atoms with Crippen molar-refractivity contribution in [2.24, 2.45) is 5.73 Å². The van der Waals surface area contributed by atoms with Crippen LogP contribution >= 0.6 is 0 Å². The molecule has 0 atom stereocenters. The Balaban J connectivity index is 2.20. The van der Waals surface area contributed by atoms with Crippen molar-refractivity contribution in [2.45, 2.75) is 20.4 Å². The van der Waals surface area contributed by atoms with Gasteiger partial charge in [-0.3, -0.25) is 4.79 Å². The number of halogens is 1. The highest BCUT2D eigenvalue weighted by molar-refractivity contribution is 5.93. The van der Waals surface area contributed by atoms with E-state index in [4.69, 9.17) is 10.3 Å². The highest BCUT2D eigenvalue weighted by Gasteiger charge is 2.11. The van der Waals surface area contributed by atoms with E-state index in [-0.39, 0.29) is 11.3 Å². The van der Waals surface area contributed by atoms with Crippen molar-refractivity contribution in [1.82, 2.24) is 5.16 Å². The van der Waals surface area contributed by atoms with Crippen LogP contribution in [0.3, 0.4) is 0 Å². The van der Waals surface area contributed by atoms with Crippen LogP contribution in [0.5, 0.6) is 0 Å². The SMILES string of the molecule is Cc1noc(C)c1CNc1cc(C(N)=O)ccc1F. The van der Waals surface area contributed by atoms with Crippen LogP contribution in [0.4, 0.5) is 10.1 Å². The van der Waals surface area contributed by atoms with Crippen molar-refractivity contribution < 1.29 is 13.7 Å². The lowest BCUT2D eigenvalue weighted by atomic mass is 10.1. The fourth-order valence-corrected chi connectivity index (χ4v) is 1.75. The molecule has 100 valence electrons. The van der Waals surface area contributed by atoms with Gasteiger partial charge >= 0.3 is 0 Å². The van der Waals surface area contributed by atoms with Crippen LogP contribution < -0.4 is 11.1 Å². The number of benzene rings is 1. The lowest BCUT2D eigenvalue weighted by Gasteiger charge is -2.08. The predicted molar refractivity (Wildman–Crippen MR) is 68.2 cm³/mol. The third-order valence-electron chi connectivity index (χ3n) is 2.89. The molecule has 1 amide bonds. The van der Waals surface area contributed by atoms with Crippen LogP contribution in [0, 0.1) is 19.7 Å². The number of carbonyl (C=O) groups is 1. The molecule has 0 radical (unpaired) electrons. The zero-order valence-corrected chi connectivity index (χ0v) is 10.7. The third-order valence-corrected chi connectivity index (χ3v) is 2.89. The molecule has 0 aliphatic carbocycles. The predicted octanol–water partition coefficient (Wildman–Crippen LogP) is 2.14. The van der Waals surface area contributed by atoms with E-state index in [1.54, 1.807) is 6.92 Å². The minimum absolute atomic E-state index is 0.219. The van der Waals surface area contributed by atoms with Crippen molar-refractivity contribution in [2.75, 3.05) is 5.32 Å². The molecule has 0 spiro atoms. The van der Waals surface area contributed by atoms with Gasteiger partial charge in [0.05, 0.1) is 11.4 Å². The van der Waals surface area contributed by atoms with Crippen LogP contribution in [-0.2, 0) is 6.54 Å². The lowest BCUT2D eigenvalue weighted by Crippen LogP contribution is -2.12. The number of hydrogen-bond acceptors (Lipinski definition) is 4. The van der Waals surface area contributed by atoms with E-state index in [0.29, 0.717) is 12.3 Å². The molecule has 1 aromatic heterocycles. The van der Waals surface area contributed by atoms with Crippen LogP contribution in [0.1, 0.15) is 27.4 Å². The van der Waals surface area contributed by atoms with Gasteiger partial charge in [0.15, 0.2) is 0 Å². The molecule has 0 saturated carbocycles. The topological polar surface area (TPSA) is 81.2 Å². The molecule has 1 heterocycles. The summed E-state index contributed by atoms with van der Waals surface area (Å²) in [6.07, 6.45) is 0. The molecule has 3 N–H and O–H groups in total. The van der Waals surface area contributed by atoms with E-state index in [9.17, 15) is 9.18 Å². The first-order valence-corrected chi connectivity index (χ1v) is 5.74. The minimum atomic E-state index is -0.597. The number of rotatable bonds is 4. The van der Waals surface area contributed by atoms with Gasteiger partial charge in [-0.05, 0) is 32.0 Å². The van der Waals surface area contributed by atoms with Gasteiger partial charge < -0.3 is 15.6 Å². The van der Waals surface area contributed by atoms with Crippen LogP contribution in [-0.4, -0.2) is 11.1 Å². The number of aromatic nitrogens is 1. The van der Waals surface area contributed by atoms with Crippen molar-refractivity contribution in [1.29, 1.82) is 0 Å². The molecule has 19 heavy (non-hydrogen) atoms. The largest absolute Gasteiger partial charge is 0.378 e. The summed E-state index contributed by atoms with van der Waals surface area (Å²) in [6.45, 7) is 3.96. The number of nitrogens with zero attached hydrogens (tertiary/aromatic N) is 1. The minimum Gasteiger partial charge on any atom is -0.378 e. The molecule has 0 unspecified atom stereocenters. The Hall–Kier alpha value is -2.37. The Morgan fingerprint density at radius 3 is 2.79 bits per heavy atom. The molecule has 0 fully saturated rings. The molecule has 6 heteroatoms. The Kier molecular flexibility index (Phi) is 3.50. The maximum Gasteiger partial charge on any atom is 0.248 e. The van der Waals surface area contributed by atoms with Crippen molar-refractivity contribution in [3.8, 4) is 0 Å². The fraction of sp³-hybridized carbons (Fsp3) is 0.231. The van der Waals surface area contributed by atoms with E-state index in [1.165, 1.54) is 18.2 Å². The summed E-state index contributed by atoms with van der Waals surface area (Å²) < 4.78 is 18.6. The molecule has 0 saturated heterocycles. The van der Waals surface area contributed by atoms with E-state index >= 15 is 0 Å². The third kappa shape index (κ3) is 2.73. The Morgan fingerprint density at radius 1 is 1.47 bits per heavy atom. The van der Waals surface area contributed by atoms with Gasteiger partial charge in [0.2, 0.25) is 5.91 Å². The lowest BCUT2D eigenvalue weighted by molar-refractivity contribution is 0.100. The number of hydrogen-bond donors (Lipinski definition) is 2. The van der Waals surface area contributed by atoms with Gasteiger partial charge in [0.1, 0.15) is 11.6 Å². The summed E-state index contributed by atoms with van der Waals surface area (Å²) >= 11 is 0. The highest BCUT2D eigenvalue weighted by Crippen LogP contribution is 2.19. The van der Waals surface area contributed by atoms with Crippen molar-refractivity contribution in [3.05, 3.63) is 46.6 Å². The molecule has 2 rings (SSSR count). The number of nitrogens with two attached hydrogens (primary N) is 1. The second kappa shape index (κ2) is 5.09. The van der Waals surface area contributed by atoms with Gasteiger partial charge in [-0.15, -0.1) is 0 Å². The van der Waals surface area contributed by atoms with E-state index < -0.39 is 11.7 Å². The van der Waals surface area contributed by atoms with E-state index in [2.05, 4.69) is 10.5 Å². The maximum absolute atomic E-state index is 13.6. The number of carbonyl (C=O) groups excluding carboxylic acids is 1. The molecule has 1 aromatic carbocycles. The first kappa shape index (κ1) is 13.1. The summed E-state index contributed by atoms with van der Waals surface area (Å²) in [4.78, 5) is 11.1. The molecule has 2 aromatic rings. The van der Waals surface area contributed by atoms with Crippen molar-refractivity contribution in [3.63, 3.8) is 0 Å². The second-order valence-corrected chi connectivity index (χ2v) is 4.22. The Morgan fingerprint density at radius 2 is 2.21 bits per heavy atom. The monoisotopic (exact) mass is 263 g/mol. The Labute approximate surface area is 109 Å². The zero-order valence-electron chi connectivity index (χ0n) is 10.7. The van der Waals surface area contributed by atoms with Crippen LogP contribution in [0.15, 0.2) is 22.7 Å². The molecule has 0 aliphatic heterocycles. The zero-order chi connectivity index (χ0) is 14.0. The smallest absolute Gasteiger partial charge is 0.248 e. The quantitative estimate of drug-likeness (QED) is 0.885. The van der Waals surface area contributed by atoms with Crippen LogP contribution in [0.2, 0.25) is 0 Å². The molecule has 0 aliphatic rings. The van der Waals surface area contributed by atoms with E-state index in [0.717, 1.165) is 11.3 Å². The molecular weight excluding hydrogens is 249 g/mol. The average molecular weight is 263 g/mol. The second-order valence-electron chi connectivity index (χ2n) is 4.22. The molecule has 0 bridgehead atoms. The standard InChI is InChI=1S/C13H14FN3O2/c1-7-10(8(2)19-17-7)6-16-12-5-9(13(15)18)3-4-11(12)14/h3-5,16H,6H2,1-2H3,(H2,15,18). The first-order chi connectivity index (χ1) is 8.99. The number of anilines is 1. The highest BCUT2D eigenvalue weighted by atomic mass is 19.1. The maximum atomic E-state index is 13.6. The van der Waals surface area contributed by atoms with E-state index in [1.807, 2.05) is 6.92 Å². The number of nitrogens with one attached hydrogen (secondary N) is 1. The first-order valence-electron chi connectivity index (χ1n) is 5.74. The molecular formula is C13H14FN3O2. The Bertz CT molecular complexity index is 603. The summed E-state index contributed by atoms with van der Waals surface area (Å²) in [7, 11) is 0. The van der Waals surface area contributed by atoms with Gasteiger partial charge in [-0.25, -0.2) is 4.39 Å². The number of aryl methyl sites for hydroxylation is 2. The normalized spacial score (nSPS) is 10.5. The summed E-state index contributed by atoms with van der Waals surface area (Å²) in [6, 6.07) is 3.93. The summed E-state index contributed by atoms with van der Waals surface area (Å²) in [5, 5.41) is 6.72. The average Bonchev–Trinajstić information content (AvgIpc) is 2.68. The van der Waals surface area contributed by atoms with Crippen LogP contribution in [0.25, 0.3) is 0 Å². The fourth-order valence-electron chi connectivity index (χ4n) is 1.75. The number of amides is 1. The summed E-state index contributed by atoms with van der Waals surface area (Å²) in [5.74, 6) is -0.367.